The van der Waals surface area contributed by atoms with Gasteiger partial charge in [0, 0.05) is 6.42 Å². The van der Waals surface area contributed by atoms with E-state index >= 15 is 0 Å². The molecule has 49 heavy (non-hydrogen) atoms. The standard InChI is InChI=1S/C37H53N3O8S/c1-7-8-14-25(2)49(44,45)39-30-17-12-13-20-47-33-22-27-18-19-28(46-6)23-29(27)34(33)40(36(43)48-37(3,4)5)24-32(41)31(38-35(30)42)21-26-15-10-9-11-16-26/h9-13,15-16,18-19,23,25,30-34,39,41H,7-8,14,17,20-22,24H2,1-6H3,(H,38,42)/b13-12-. The second-order valence-corrected chi connectivity index (χ2v) is 16.1. The number of hydrogen-bond acceptors (Lipinski definition) is 8. The molecule has 12 heteroatoms. The Bertz CT molecular complexity index is 1540. The summed E-state index contributed by atoms with van der Waals surface area (Å²) in [7, 11) is -2.26. The van der Waals surface area contributed by atoms with Crippen LogP contribution in [0.5, 0.6) is 5.75 Å². The van der Waals surface area contributed by atoms with E-state index in [0.29, 0.717) is 18.6 Å². The normalized spacial score (nSPS) is 24.9. The van der Waals surface area contributed by atoms with Gasteiger partial charge in [0.1, 0.15) is 17.4 Å². The fourth-order valence-electron chi connectivity index (χ4n) is 6.24. The number of fused-ring (bicyclic) bond motifs is 3. The van der Waals surface area contributed by atoms with Crippen molar-refractivity contribution in [3.63, 3.8) is 0 Å². The van der Waals surface area contributed by atoms with Crippen molar-refractivity contribution in [2.24, 2.45) is 0 Å². The van der Waals surface area contributed by atoms with Crippen molar-refractivity contribution in [2.75, 3.05) is 20.3 Å². The van der Waals surface area contributed by atoms with Crippen LogP contribution in [0.15, 0.2) is 60.7 Å². The predicted octanol–water partition coefficient (Wildman–Crippen LogP) is 4.83. The van der Waals surface area contributed by atoms with E-state index < -0.39 is 63.2 Å². The van der Waals surface area contributed by atoms with Crippen molar-refractivity contribution in [1.82, 2.24) is 14.9 Å². The van der Waals surface area contributed by atoms with E-state index in [-0.39, 0.29) is 26.0 Å². The summed E-state index contributed by atoms with van der Waals surface area (Å²) in [4.78, 5) is 29.4. The first-order chi connectivity index (χ1) is 23.2. The van der Waals surface area contributed by atoms with Crippen molar-refractivity contribution in [3.05, 3.63) is 77.4 Å². The molecule has 11 nitrogen and oxygen atoms in total. The number of aliphatic hydroxyl groups is 1. The molecule has 4 rings (SSSR count). The maximum Gasteiger partial charge on any atom is 0.410 e. The first kappa shape index (κ1) is 38.4. The molecule has 0 saturated carbocycles. The zero-order valence-electron chi connectivity index (χ0n) is 29.6. The highest BCUT2D eigenvalue weighted by molar-refractivity contribution is 7.90. The number of β-amino-alcohol motifs (C(OH)–C–C–N with tert-alkyl or cyclic N) is 1. The molecule has 1 heterocycles. The van der Waals surface area contributed by atoms with Crippen LogP contribution >= 0.6 is 0 Å². The lowest BCUT2D eigenvalue weighted by Gasteiger charge is -2.38. The van der Waals surface area contributed by atoms with Crippen LogP contribution in [0, 0.1) is 0 Å². The van der Waals surface area contributed by atoms with E-state index in [9.17, 15) is 23.1 Å². The van der Waals surface area contributed by atoms with Gasteiger partial charge in [-0.3, -0.25) is 9.69 Å². The highest BCUT2D eigenvalue weighted by Crippen LogP contribution is 2.40. The highest BCUT2D eigenvalue weighted by Gasteiger charge is 2.43. The van der Waals surface area contributed by atoms with Crippen LogP contribution in [0.3, 0.4) is 0 Å². The number of ether oxygens (including phenoxy) is 3. The second kappa shape index (κ2) is 17.0. The smallest absolute Gasteiger partial charge is 0.410 e. The average Bonchev–Trinajstić information content (AvgIpc) is 3.40. The van der Waals surface area contributed by atoms with Gasteiger partial charge < -0.3 is 24.6 Å². The van der Waals surface area contributed by atoms with Crippen molar-refractivity contribution < 1.29 is 37.3 Å². The van der Waals surface area contributed by atoms with Gasteiger partial charge in [0.15, 0.2) is 0 Å². The Morgan fingerprint density at radius 2 is 1.90 bits per heavy atom. The van der Waals surface area contributed by atoms with Gasteiger partial charge in [-0.05, 0) is 75.8 Å². The van der Waals surface area contributed by atoms with Gasteiger partial charge in [-0.1, -0.05) is 68.3 Å². The molecular weight excluding hydrogens is 646 g/mol. The monoisotopic (exact) mass is 699 g/mol. The van der Waals surface area contributed by atoms with Gasteiger partial charge in [0.05, 0.1) is 49.8 Å². The fourth-order valence-corrected chi connectivity index (χ4v) is 7.55. The summed E-state index contributed by atoms with van der Waals surface area (Å²) >= 11 is 0. The Hall–Kier alpha value is -3.45. The van der Waals surface area contributed by atoms with E-state index in [0.717, 1.165) is 29.5 Å². The van der Waals surface area contributed by atoms with E-state index in [2.05, 4.69) is 10.0 Å². The van der Waals surface area contributed by atoms with Crippen LogP contribution < -0.4 is 14.8 Å². The van der Waals surface area contributed by atoms with Crippen LogP contribution in [-0.2, 0) is 37.1 Å². The van der Waals surface area contributed by atoms with E-state index in [4.69, 9.17) is 14.2 Å². The van der Waals surface area contributed by atoms with Crippen LogP contribution in [0.2, 0.25) is 0 Å². The molecule has 6 atom stereocenters. The van der Waals surface area contributed by atoms with Crippen molar-refractivity contribution in [1.29, 1.82) is 0 Å². The summed E-state index contributed by atoms with van der Waals surface area (Å²) < 4.78 is 47.1. The second-order valence-electron chi connectivity index (χ2n) is 14.0. The number of methoxy groups -OCH3 is 1. The maximum atomic E-state index is 14.0. The van der Waals surface area contributed by atoms with Crippen molar-refractivity contribution in [3.8, 4) is 5.75 Å². The molecule has 2 aromatic rings. The molecule has 270 valence electrons. The Kier molecular flexibility index (Phi) is 13.3. The quantitative estimate of drug-likeness (QED) is 0.316. The summed E-state index contributed by atoms with van der Waals surface area (Å²) in [5.74, 6) is 0.0432. The molecule has 3 N–H and O–H groups in total. The molecule has 0 saturated heterocycles. The van der Waals surface area contributed by atoms with E-state index in [1.54, 1.807) is 47.0 Å². The lowest BCUT2D eigenvalue weighted by molar-refractivity contribution is -0.124. The topological polar surface area (TPSA) is 144 Å². The van der Waals surface area contributed by atoms with Crippen LogP contribution in [0.4, 0.5) is 4.79 Å². The molecule has 0 radical (unpaired) electrons. The Balaban J connectivity index is 1.76. The van der Waals surface area contributed by atoms with Gasteiger partial charge in [0.2, 0.25) is 15.9 Å². The molecule has 1 aliphatic heterocycles. The minimum Gasteiger partial charge on any atom is -0.497 e. The lowest BCUT2D eigenvalue weighted by atomic mass is 9.98. The molecule has 1 aliphatic carbocycles. The number of sulfonamides is 1. The zero-order chi connectivity index (χ0) is 35.8. The molecule has 0 spiro atoms. The average molecular weight is 700 g/mol. The molecule has 6 unspecified atom stereocenters. The minimum atomic E-state index is -3.84. The van der Waals surface area contributed by atoms with E-state index in [1.165, 1.54) is 4.90 Å². The molecule has 2 amide bonds. The largest absolute Gasteiger partial charge is 0.497 e. The molecule has 0 fully saturated rings. The molecule has 2 aliphatic rings. The number of nitrogens with zero attached hydrogens (tertiary/aromatic N) is 1. The molecule has 2 aromatic carbocycles. The summed E-state index contributed by atoms with van der Waals surface area (Å²) in [6.07, 6.45) is 3.98. The summed E-state index contributed by atoms with van der Waals surface area (Å²) in [6.45, 7) is 8.92. The van der Waals surface area contributed by atoms with Crippen LogP contribution in [-0.4, -0.2) is 85.8 Å². The van der Waals surface area contributed by atoms with Crippen molar-refractivity contribution in [2.45, 2.75) is 114 Å². The lowest BCUT2D eigenvalue weighted by Crippen LogP contribution is -2.56. The third-order valence-electron chi connectivity index (χ3n) is 8.94. The van der Waals surface area contributed by atoms with Gasteiger partial charge in [0.25, 0.3) is 0 Å². The number of rotatable bonds is 9. The molecule has 0 bridgehead atoms. The number of unbranched alkanes of at least 4 members (excludes halogenated alkanes) is 1. The number of aliphatic hydroxyl groups excluding tert-OH is 1. The third-order valence-corrected chi connectivity index (χ3v) is 10.9. The number of carbonyl (C=O) groups excluding carboxylic acids is 2. The fraction of sp³-hybridized carbons (Fsp3) is 0.568. The zero-order valence-corrected chi connectivity index (χ0v) is 30.4. The van der Waals surface area contributed by atoms with Gasteiger partial charge in [-0.25, -0.2) is 17.9 Å². The summed E-state index contributed by atoms with van der Waals surface area (Å²) in [5.41, 5.74) is 1.83. The molecular formula is C37H53N3O8S. The van der Waals surface area contributed by atoms with Crippen molar-refractivity contribution >= 4 is 22.0 Å². The SMILES string of the molecule is CCCCC(C)S(=O)(=O)NC1C/C=C\COC2Cc3ccc(OC)cc3C2N(C(=O)OC(C)(C)C)CC(O)C(Cc2ccccc2)NC1=O. The number of benzene rings is 2. The Morgan fingerprint density at radius 3 is 2.57 bits per heavy atom. The number of nitrogens with one attached hydrogen (secondary N) is 2. The van der Waals surface area contributed by atoms with Crippen LogP contribution in [0.1, 0.15) is 83.0 Å². The summed E-state index contributed by atoms with van der Waals surface area (Å²) in [6, 6.07) is 12.4. The summed E-state index contributed by atoms with van der Waals surface area (Å²) in [5, 5.41) is 14.2. The van der Waals surface area contributed by atoms with E-state index in [1.807, 2.05) is 55.5 Å². The number of hydrogen-bond donors (Lipinski definition) is 3. The van der Waals surface area contributed by atoms with Gasteiger partial charge in [-0.2, -0.15) is 0 Å². The first-order valence-corrected chi connectivity index (χ1v) is 18.7. The van der Waals surface area contributed by atoms with Gasteiger partial charge in [-0.15, -0.1) is 0 Å². The number of amides is 2. The maximum absolute atomic E-state index is 14.0. The minimum absolute atomic E-state index is 0.0820. The third kappa shape index (κ3) is 10.5. The highest BCUT2D eigenvalue weighted by atomic mass is 32.2. The van der Waals surface area contributed by atoms with Crippen LogP contribution in [0.25, 0.3) is 0 Å². The number of carbonyl (C=O) groups is 2. The molecule has 0 aromatic heterocycles. The first-order valence-electron chi connectivity index (χ1n) is 17.2. The Labute approximate surface area is 291 Å². The van der Waals surface area contributed by atoms with Gasteiger partial charge >= 0.3 is 6.09 Å². The predicted molar refractivity (Wildman–Crippen MR) is 189 cm³/mol. The Morgan fingerprint density at radius 1 is 1.16 bits per heavy atom.